The van der Waals surface area contributed by atoms with Gasteiger partial charge in [0.2, 0.25) is 11.1 Å². The van der Waals surface area contributed by atoms with Crippen LogP contribution in [0, 0.1) is 0 Å². The third-order valence-electron chi connectivity index (χ3n) is 2.07. The normalized spacial score (nSPS) is 10.2. The number of para-hydroxylation sites is 1. The number of ether oxygens (including phenoxy) is 1. The van der Waals surface area contributed by atoms with Gasteiger partial charge >= 0.3 is 5.97 Å². The number of esters is 1. The molecule has 0 N–H and O–H groups in total. The van der Waals surface area contributed by atoms with Gasteiger partial charge in [-0.3, -0.25) is 9.59 Å². The predicted octanol–water partition coefficient (Wildman–Crippen LogP) is 2.30. The maximum absolute atomic E-state index is 11.2. The summed E-state index contributed by atoms with van der Waals surface area (Å²) < 4.78 is 4.88. The number of aromatic nitrogens is 1. The number of halogens is 1. The van der Waals surface area contributed by atoms with Crippen molar-refractivity contribution in [2.75, 3.05) is 0 Å². The first-order valence-corrected chi connectivity index (χ1v) is 5.28. The first-order valence-electron chi connectivity index (χ1n) is 4.90. The lowest BCUT2D eigenvalue weighted by Crippen LogP contribution is -2.11. The van der Waals surface area contributed by atoms with Crippen molar-refractivity contribution in [1.82, 2.24) is 4.98 Å². The summed E-state index contributed by atoms with van der Waals surface area (Å²) in [5.41, 5.74) is 0.718. The molecule has 1 heterocycles. The highest BCUT2D eigenvalue weighted by Gasteiger charge is 2.10. The summed E-state index contributed by atoms with van der Waals surface area (Å²) >= 11 is 5.07. The van der Waals surface area contributed by atoms with Crippen molar-refractivity contribution in [1.29, 1.82) is 0 Å². The molecule has 0 bridgehead atoms. The van der Waals surface area contributed by atoms with Crippen LogP contribution in [-0.4, -0.2) is 16.2 Å². The fourth-order valence-electron chi connectivity index (χ4n) is 1.37. The Hall–Kier alpha value is -1.94. The van der Waals surface area contributed by atoms with Crippen molar-refractivity contribution < 1.29 is 14.3 Å². The lowest BCUT2D eigenvalue weighted by molar-refractivity contribution is -0.136. The molecule has 0 saturated heterocycles. The van der Waals surface area contributed by atoms with Gasteiger partial charge < -0.3 is 4.74 Å². The SMILES string of the molecule is O=C(Cl)CC(=O)Oc1ccc2ccccc2n1. The topological polar surface area (TPSA) is 56.3 Å². The molecular formula is C12H8ClNO3. The highest BCUT2D eigenvalue weighted by atomic mass is 35.5. The van der Waals surface area contributed by atoms with Crippen LogP contribution in [0.1, 0.15) is 6.42 Å². The number of hydrogen-bond donors (Lipinski definition) is 0. The van der Waals surface area contributed by atoms with Gasteiger partial charge in [0.1, 0.15) is 6.42 Å². The van der Waals surface area contributed by atoms with Gasteiger partial charge in [-0.15, -0.1) is 0 Å². The zero-order chi connectivity index (χ0) is 12.3. The van der Waals surface area contributed by atoms with Gasteiger partial charge in [0.05, 0.1) is 5.52 Å². The Kier molecular flexibility index (Phi) is 3.35. The lowest BCUT2D eigenvalue weighted by Gasteiger charge is -2.02. The van der Waals surface area contributed by atoms with E-state index in [0.29, 0.717) is 0 Å². The average Bonchev–Trinajstić information content (AvgIpc) is 2.27. The van der Waals surface area contributed by atoms with Crippen LogP contribution in [-0.2, 0) is 9.59 Å². The van der Waals surface area contributed by atoms with Gasteiger partial charge in [0.15, 0.2) is 0 Å². The van der Waals surface area contributed by atoms with E-state index in [2.05, 4.69) is 4.98 Å². The van der Waals surface area contributed by atoms with Crippen LogP contribution in [0.5, 0.6) is 5.88 Å². The Balaban J connectivity index is 2.19. The molecule has 0 unspecified atom stereocenters. The van der Waals surface area contributed by atoms with E-state index in [0.717, 1.165) is 10.9 Å². The molecule has 4 nitrogen and oxygen atoms in total. The van der Waals surface area contributed by atoms with E-state index in [4.69, 9.17) is 16.3 Å². The largest absolute Gasteiger partial charge is 0.407 e. The third-order valence-corrected chi connectivity index (χ3v) is 2.21. The number of carbonyl (C=O) groups is 2. The summed E-state index contributed by atoms with van der Waals surface area (Å²) in [6.07, 6.45) is -0.462. The quantitative estimate of drug-likeness (QED) is 0.476. The summed E-state index contributed by atoms with van der Waals surface area (Å²) in [6.45, 7) is 0. The fourth-order valence-corrected chi connectivity index (χ4v) is 1.48. The van der Waals surface area contributed by atoms with Gasteiger partial charge in [0.25, 0.3) is 0 Å². The molecule has 2 rings (SSSR count). The number of nitrogens with zero attached hydrogens (tertiary/aromatic N) is 1. The molecule has 0 amide bonds. The molecule has 0 spiro atoms. The Labute approximate surface area is 102 Å². The summed E-state index contributed by atoms with van der Waals surface area (Å²) in [5, 5.41) is 0.191. The Morgan fingerprint density at radius 2 is 1.94 bits per heavy atom. The first kappa shape index (κ1) is 11.5. The zero-order valence-electron chi connectivity index (χ0n) is 8.72. The second kappa shape index (κ2) is 4.93. The first-order chi connectivity index (χ1) is 8.15. The molecule has 0 saturated carbocycles. The molecule has 1 aromatic carbocycles. The number of pyridine rings is 1. The van der Waals surface area contributed by atoms with Gasteiger partial charge in [0, 0.05) is 11.5 Å². The summed E-state index contributed by atoms with van der Waals surface area (Å²) in [5.74, 6) is -0.556. The summed E-state index contributed by atoms with van der Waals surface area (Å²) in [7, 11) is 0. The van der Waals surface area contributed by atoms with E-state index in [1.165, 1.54) is 0 Å². The molecule has 0 fully saturated rings. The number of hydrogen-bond acceptors (Lipinski definition) is 4. The summed E-state index contributed by atoms with van der Waals surface area (Å²) in [6, 6.07) is 10.8. The molecule has 1 aromatic heterocycles. The second-order valence-electron chi connectivity index (χ2n) is 3.35. The number of carbonyl (C=O) groups excluding carboxylic acids is 2. The molecule has 17 heavy (non-hydrogen) atoms. The van der Waals surface area contributed by atoms with Crippen LogP contribution < -0.4 is 4.74 Å². The monoisotopic (exact) mass is 249 g/mol. The molecule has 0 atom stereocenters. The van der Waals surface area contributed by atoms with E-state index >= 15 is 0 Å². The third kappa shape index (κ3) is 3.01. The molecular weight excluding hydrogens is 242 g/mol. The van der Waals surface area contributed by atoms with Crippen molar-refractivity contribution in [2.45, 2.75) is 6.42 Å². The van der Waals surface area contributed by atoms with Crippen molar-refractivity contribution in [2.24, 2.45) is 0 Å². The minimum atomic E-state index is -0.754. The van der Waals surface area contributed by atoms with E-state index in [9.17, 15) is 9.59 Å². The predicted molar refractivity (Wildman–Crippen MR) is 62.9 cm³/mol. The zero-order valence-corrected chi connectivity index (χ0v) is 9.48. The van der Waals surface area contributed by atoms with Crippen LogP contribution in [0.25, 0.3) is 10.9 Å². The van der Waals surface area contributed by atoms with Gasteiger partial charge in [-0.25, -0.2) is 4.98 Å². The molecule has 0 aliphatic heterocycles. The smallest absolute Gasteiger partial charge is 0.321 e. The van der Waals surface area contributed by atoms with E-state index in [1.54, 1.807) is 18.2 Å². The van der Waals surface area contributed by atoms with Crippen molar-refractivity contribution in [3.63, 3.8) is 0 Å². The van der Waals surface area contributed by atoms with Gasteiger partial charge in [-0.1, -0.05) is 18.2 Å². The van der Waals surface area contributed by atoms with Crippen LogP contribution in [0.3, 0.4) is 0 Å². The average molecular weight is 250 g/mol. The minimum absolute atomic E-state index is 0.159. The summed E-state index contributed by atoms with van der Waals surface area (Å²) in [4.78, 5) is 25.8. The van der Waals surface area contributed by atoms with Crippen molar-refractivity contribution >= 4 is 33.7 Å². The molecule has 0 radical (unpaired) electrons. The van der Waals surface area contributed by atoms with Gasteiger partial charge in [-0.2, -0.15) is 0 Å². The molecule has 5 heteroatoms. The van der Waals surface area contributed by atoms with E-state index < -0.39 is 17.6 Å². The highest BCUT2D eigenvalue weighted by Crippen LogP contribution is 2.16. The van der Waals surface area contributed by atoms with Crippen molar-refractivity contribution in [3.05, 3.63) is 36.4 Å². The maximum Gasteiger partial charge on any atom is 0.321 e. The number of rotatable bonds is 3. The van der Waals surface area contributed by atoms with Crippen LogP contribution >= 0.6 is 11.6 Å². The van der Waals surface area contributed by atoms with E-state index in [-0.39, 0.29) is 5.88 Å². The van der Waals surface area contributed by atoms with E-state index in [1.807, 2.05) is 18.2 Å². The Morgan fingerprint density at radius 1 is 1.18 bits per heavy atom. The molecule has 0 aliphatic carbocycles. The number of benzene rings is 1. The van der Waals surface area contributed by atoms with Gasteiger partial charge in [-0.05, 0) is 23.7 Å². The highest BCUT2D eigenvalue weighted by molar-refractivity contribution is 6.64. The Bertz CT molecular complexity index is 583. The minimum Gasteiger partial charge on any atom is -0.407 e. The molecule has 86 valence electrons. The van der Waals surface area contributed by atoms with Crippen LogP contribution in [0.15, 0.2) is 36.4 Å². The lowest BCUT2D eigenvalue weighted by atomic mass is 10.2. The second-order valence-corrected chi connectivity index (χ2v) is 3.77. The van der Waals surface area contributed by atoms with Crippen molar-refractivity contribution in [3.8, 4) is 5.88 Å². The van der Waals surface area contributed by atoms with Crippen LogP contribution in [0.2, 0.25) is 0 Å². The molecule has 2 aromatic rings. The maximum atomic E-state index is 11.2. The fraction of sp³-hybridized carbons (Fsp3) is 0.0833. The Morgan fingerprint density at radius 3 is 2.71 bits per heavy atom. The number of fused-ring (bicyclic) bond motifs is 1. The standard InChI is InChI=1S/C12H8ClNO3/c13-10(15)7-12(16)17-11-6-5-8-3-1-2-4-9(8)14-11/h1-6H,7H2. The van der Waals surface area contributed by atoms with Crippen LogP contribution in [0.4, 0.5) is 0 Å². The molecule has 0 aliphatic rings.